The molecule has 1 N–H and O–H groups in total. The van der Waals surface area contributed by atoms with Crippen LogP contribution in [0.3, 0.4) is 0 Å². The standard InChI is InChI=1S/C20H32O3/c1-13(10-18(22)23)6-8-19(4)14(2)7-9-20(5)15(3)11-16(21)12-17(19)20/h11,13-14,17H,6-10,12H2,1-5H3,(H,22,23)/t13-,14+,17+,19-,20-/m0/s1. The van der Waals surface area contributed by atoms with E-state index in [0.29, 0.717) is 18.3 Å². The molecule has 0 aromatic carbocycles. The van der Waals surface area contributed by atoms with Crippen molar-refractivity contribution >= 4 is 11.8 Å². The van der Waals surface area contributed by atoms with Gasteiger partial charge in [-0.15, -0.1) is 0 Å². The highest BCUT2D eigenvalue weighted by molar-refractivity contribution is 5.92. The largest absolute Gasteiger partial charge is 0.481 e. The number of fused-ring (bicyclic) bond motifs is 1. The van der Waals surface area contributed by atoms with Crippen molar-refractivity contribution < 1.29 is 14.7 Å². The second kappa shape index (κ2) is 6.41. The Balaban J connectivity index is 2.22. The molecule has 1 saturated carbocycles. The Morgan fingerprint density at radius 2 is 2.09 bits per heavy atom. The van der Waals surface area contributed by atoms with Crippen molar-refractivity contribution in [1.82, 2.24) is 0 Å². The molecule has 0 heterocycles. The average molecular weight is 320 g/mol. The number of carbonyl (C=O) groups excluding carboxylic acids is 1. The third-order valence-corrected chi connectivity index (χ3v) is 7.17. The molecule has 23 heavy (non-hydrogen) atoms. The van der Waals surface area contributed by atoms with Gasteiger partial charge in [0.15, 0.2) is 5.78 Å². The Hall–Kier alpha value is -1.12. The number of hydrogen-bond donors (Lipinski definition) is 1. The van der Waals surface area contributed by atoms with E-state index in [0.717, 1.165) is 19.3 Å². The lowest BCUT2D eigenvalue weighted by atomic mass is 9.46. The summed E-state index contributed by atoms with van der Waals surface area (Å²) in [5.74, 6) is 0.713. The van der Waals surface area contributed by atoms with Crippen LogP contribution in [0.1, 0.15) is 73.1 Å². The Labute approximate surface area is 140 Å². The fraction of sp³-hybridized carbons (Fsp3) is 0.800. The summed E-state index contributed by atoms with van der Waals surface area (Å²) in [5, 5.41) is 8.98. The summed E-state index contributed by atoms with van der Waals surface area (Å²) in [6, 6.07) is 0. The Bertz CT molecular complexity index is 521. The monoisotopic (exact) mass is 320 g/mol. The first-order chi connectivity index (χ1) is 10.6. The molecular weight excluding hydrogens is 288 g/mol. The maximum absolute atomic E-state index is 12.2. The van der Waals surface area contributed by atoms with Crippen LogP contribution in [0, 0.1) is 28.6 Å². The van der Waals surface area contributed by atoms with Gasteiger partial charge in [-0.1, -0.05) is 33.3 Å². The van der Waals surface area contributed by atoms with Gasteiger partial charge in [0.25, 0.3) is 0 Å². The molecule has 130 valence electrons. The van der Waals surface area contributed by atoms with Gasteiger partial charge in [0.1, 0.15) is 0 Å². The van der Waals surface area contributed by atoms with E-state index in [4.69, 9.17) is 5.11 Å². The van der Waals surface area contributed by atoms with Crippen molar-refractivity contribution in [1.29, 1.82) is 0 Å². The molecule has 2 rings (SSSR count). The van der Waals surface area contributed by atoms with Crippen LogP contribution >= 0.6 is 0 Å². The van der Waals surface area contributed by atoms with Gasteiger partial charge in [0, 0.05) is 12.8 Å². The number of carboxylic acids is 1. The number of aliphatic carboxylic acids is 1. The maximum Gasteiger partial charge on any atom is 0.303 e. The Morgan fingerprint density at radius 3 is 2.70 bits per heavy atom. The van der Waals surface area contributed by atoms with Gasteiger partial charge in [-0.25, -0.2) is 0 Å². The van der Waals surface area contributed by atoms with Crippen LogP contribution in [-0.2, 0) is 9.59 Å². The zero-order valence-electron chi connectivity index (χ0n) is 15.3. The van der Waals surface area contributed by atoms with Crippen molar-refractivity contribution in [3.05, 3.63) is 11.6 Å². The molecule has 3 nitrogen and oxygen atoms in total. The summed E-state index contributed by atoms with van der Waals surface area (Å²) in [6.45, 7) is 11.1. The molecule has 3 heteroatoms. The minimum atomic E-state index is -0.712. The molecule has 0 amide bonds. The lowest BCUT2D eigenvalue weighted by Gasteiger charge is -2.57. The second-order valence-electron chi connectivity index (χ2n) is 8.66. The smallest absolute Gasteiger partial charge is 0.303 e. The van der Waals surface area contributed by atoms with E-state index >= 15 is 0 Å². The van der Waals surface area contributed by atoms with Crippen LogP contribution in [0.2, 0.25) is 0 Å². The molecule has 0 bridgehead atoms. The van der Waals surface area contributed by atoms with Gasteiger partial charge in [0.05, 0.1) is 0 Å². The van der Waals surface area contributed by atoms with Gasteiger partial charge in [-0.3, -0.25) is 9.59 Å². The lowest BCUT2D eigenvalue weighted by Crippen LogP contribution is -2.51. The first-order valence-electron chi connectivity index (χ1n) is 9.03. The van der Waals surface area contributed by atoms with Crippen molar-refractivity contribution in [2.75, 3.05) is 0 Å². The van der Waals surface area contributed by atoms with E-state index in [-0.39, 0.29) is 29.0 Å². The third kappa shape index (κ3) is 3.39. The molecular formula is C20H32O3. The lowest BCUT2D eigenvalue weighted by molar-refractivity contribution is -0.138. The zero-order valence-corrected chi connectivity index (χ0v) is 15.3. The average Bonchev–Trinajstić information content (AvgIpc) is 2.44. The number of carboxylic acid groups (broad SMARTS) is 1. The number of carbonyl (C=O) groups is 2. The van der Waals surface area contributed by atoms with Gasteiger partial charge < -0.3 is 5.11 Å². The van der Waals surface area contributed by atoms with Crippen molar-refractivity contribution in [3.8, 4) is 0 Å². The van der Waals surface area contributed by atoms with E-state index in [9.17, 15) is 9.59 Å². The quantitative estimate of drug-likeness (QED) is 0.787. The highest BCUT2D eigenvalue weighted by atomic mass is 16.4. The topological polar surface area (TPSA) is 54.4 Å². The Kier molecular flexibility index (Phi) is 5.08. The molecule has 0 radical (unpaired) electrons. The second-order valence-corrected chi connectivity index (χ2v) is 8.66. The first-order valence-corrected chi connectivity index (χ1v) is 9.03. The van der Waals surface area contributed by atoms with Gasteiger partial charge in [-0.05, 0) is 67.3 Å². The summed E-state index contributed by atoms with van der Waals surface area (Å²) < 4.78 is 0. The van der Waals surface area contributed by atoms with E-state index in [1.807, 2.05) is 13.0 Å². The zero-order chi connectivity index (χ0) is 17.4. The third-order valence-electron chi connectivity index (χ3n) is 7.17. The maximum atomic E-state index is 12.2. The number of ketones is 1. The predicted molar refractivity (Wildman–Crippen MR) is 92.1 cm³/mol. The SMILES string of the molecule is CC1=CC(=O)C[C@@H]2[C@@](C)(CC[C@H](C)CC(=O)O)[C@H](C)CC[C@@]12C. The van der Waals surface area contributed by atoms with Crippen LogP contribution in [0.4, 0.5) is 0 Å². The molecule has 1 fully saturated rings. The summed E-state index contributed by atoms with van der Waals surface area (Å²) in [6.07, 6.45) is 7.05. The summed E-state index contributed by atoms with van der Waals surface area (Å²) in [5.41, 5.74) is 1.49. The molecule has 0 aliphatic heterocycles. The molecule has 0 aromatic heterocycles. The van der Waals surface area contributed by atoms with E-state index in [2.05, 4.69) is 27.7 Å². The van der Waals surface area contributed by atoms with E-state index in [1.54, 1.807) is 0 Å². The van der Waals surface area contributed by atoms with Gasteiger partial charge in [0.2, 0.25) is 0 Å². The van der Waals surface area contributed by atoms with E-state index < -0.39 is 5.97 Å². The normalized spacial score (nSPS) is 38.7. The van der Waals surface area contributed by atoms with Gasteiger partial charge >= 0.3 is 5.97 Å². The fourth-order valence-electron chi connectivity index (χ4n) is 5.07. The van der Waals surface area contributed by atoms with Crippen molar-refractivity contribution in [2.45, 2.75) is 73.1 Å². The van der Waals surface area contributed by atoms with Crippen molar-refractivity contribution in [3.63, 3.8) is 0 Å². The molecule has 0 saturated heterocycles. The predicted octanol–water partition coefficient (Wildman–Crippen LogP) is 4.86. The molecule has 5 atom stereocenters. The fourth-order valence-corrected chi connectivity index (χ4v) is 5.07. The van der Waals surface area contributed by atoms with Crippen LogP contribution in [0.5, 0.6) is 0 Å². The summed E-state index contributed by atoms with van der Waals surface area (Å²) in [4.78, 5) is 23.1. The molecule has 0 unspecified atom stereocenters. The highest BCUT2D eigenvalue weighted by Gasteiger charge is 2.54. The Morgan fingerprint density at radius 1 is 1.43 bits per heavy atom. The van der Waals surface area contributed by atoms with Crippen LogP contribution < -0.4 is 0 Å². The molecule has 0 spiro atoms. The highest BCUT2D eigenvalue weighted by Crippen LogP contribution is 2.61. The minimum absolute atomic E-state index is 0.116. The minimum Gasteiger partial charge on any atom is -0.481 e. The van der Waals surface area contributed by atoms with Crippen LogP contribution in [-0.4, -0.2) is 16.9 Å². The number of hydrogen-bond acceptors (Lipinski definition) is 2. The summed E-state index contributed by atoms with van der Waals surface area (Å²) >= 11 is 0. The summed E-state index contributed by atoms with van der Waals surface area (Å²) in [7, 11) is 0. The van der Waals surface area contributed by atoms with Crippen LogP contribution in [0.25, 0.3) is 0 Å². The number of rotatable bonds is 5. The van der Waals surface area contributed by atoms with Gasteiger partial charge in [-0.2, -0.15) is 0 Å². The number of allylic oxidation sites excluding steroid dienone is 2. The molecule has 0 aromatic rings. The molecule has 2 aliphatic rings. The molecule has 2 aliphatic carbocycles. The van der Waals surface area contributed by atoms with E-state index in [1.165, 1.54) is 12.0 Å². The first kappa shape index (κ1) is 18.2. The van der Waals surface area contributed by atoms with Crippen LogP contribution in [0.15, 0.2) is 11.6 Å². The van der Waals surface area contributed by atoms with Crippen molar-refractivity contribution in [2.24, 2.45) is 28.6 Å².